The van der Waals surface area contributed by atoms with Crippen molar-refractivity contribution >= 4 is 0 Å². The second-order valence-corrected chi connectivity index (χ2v) is 28.2. The van der Waals surface area contributed by atoms with Gasteiger partial charge in [0.25, 0.3) is 0 Å². The molecule has 21 saturated heterocycles. The maximum atomic E-state index is 7.30. The Hall–Kier alpha value is -3.01. The minimum atomic E-state index is -1.29. The highest BCUT2D eigenvalue weighted by molar-refractivity contribution is 5.05. The molecule has 35 unspecified atom stereocenters. The Labute approximate surface area is 649 Å². The molecular formula is C72H124N5O34+. The fourth-order valence-electron chi connectivity index (χ4n) is 16.6. The highest BCUT2D eigenvalue weighted by Crippen LogP contribution is 2.43. The minimum Gasteiger partial charge on any atom is -0.382 e. The van der Waals surface area contributed by atoms with Gasteiger partial charge < -0.3 is 161 Å². The number of nitrogens with zero attached hydrogens (tertiary/aromatic N) is 5. The van der Waals surface area contributed by atoms with Crippen LogP contribution in [0.1, 0.15) is 25.5 Å². The summed E-state index contributed by atoms with van der Waals surface area (Å²) in [6.07, 6.45) is -27.0. The molecule has 0 N–H and O–H groups in total. The lowest BCUT2D eigenvalue weighted by Gasteiger charge is -2.52. The van der Waals surface area contributed by atoms with E-state index in [2.05, 4.69) is 21.8 Å². The van der Waals surface area contributed by atoms with Crippen LogP contribution in [0.3, 0.4) is 0 Å². The summed E-state index contributed by atoms with van der Waals surface area (Å²) in [5.41, 5.74) is 0.667. The van der Waals surface area contributed by atoms with Crippen LogP contribution in [0.25, 0.3) is 0 Å². The topological polar surface area (TPSA) is 353 Å². The Morgan fingerprint density at radius 1 is 0.315 bits per heavy atom. The first-order chi connectivity index (χ1) is 54.1. The first-order valence-corrected chi connectivity index (χ1v) is 37.5. The number of imidazole rings is 1. The lowest BCUT2D eigenvalue weighted by Crippen LogP contribution is -2.69. The van der Waals surface area contributed by atoms with Crippen LogP contribution in [0.5, 0.6) is 0 Å². The monoisotopic (exact) mass is 1600 g/mol. The van der Waals surface area contributed by atoms with E-state index < -0.39 is 215 Å². The second kappa shape index (κ2) is 44.2. The zero-order chi connectivity index (χ0) is 79.6. The van der Waals surface area contributed by atoms with E-state index in [1.54, 1.807) is 4.68 Å². The van der Waals surface area contributed by atoms with Crippen LogP contribution in [0.4, 0.5) is 0 Å². The van der Waals surface area contributed by atoms with Gasteiger partial charge in [0.05, 0.1) is 58.9 Å². The van der Waals surface area contributed by atoms with Crippen molar-refractivity contribution in [2.75, 3.05) is 182 Å². The molecule has 0 radical (unpaired) electrons. The van der Waals surface area contributed by atoms with Crippen LogP contribution in [-0.4, -0.2) is 416 Å². The Bertz CT molecular complexity index is 2920. The zero-order valence-electron chi connectivity index (χ0n) is 67.9. The molecule has 21 fully saturated rings. The number of unbranched alkanes of at least 4 members (excludes halogenated alkanes) is 1. The molecule has 111 heavy (non-hydrogen) atoms. The predicted octanol–water partition coefficient (Wildman–Crippen LogP) is -0.912. The lowest BCUT2D eigenvalue weighted by atomic mass is 9.94. The van der Waals surface area contributed by atoms with Gasteiger partial charge in [-0.1, -0.05) is 18.6 Å². The van der Waals surface area contributed by atoms with Gasteiger partial charge in [-0.05, 0) is 6.42 Å². The third-order valence-electron chi connectivity index (χ3n) is 21.8. The second-order valence-electron chi connectivity index (χ2n) is 28.2. The Balaban J connectivity index is 1.07. The van der Waals surface area contributed by atoms with E-state index in [0.717, 1.165) is 19.4 Å². The van der Waals surface area contributed by atoms with Crippen LogP contribution in [0.15, 0.2) is 24.9 Å². The van der Waals surface area contributed by atoms with Crippen molar-refractivity contribution in [3.63, 3.8) is 0 Å². The van der Waals surface area contributed by atoms with Gasteiger partial charge in [0, 0.05) is 142 Å². The van der Waals surface area contributed by atoms with E-state index in [4.69, 9.17) is 161 Å². The number of hydrogen-bond donors (Lipinski definition) is 0. The molecule has 39 nitrogen and oxygen atoms in total. The van der Waals surface area contributed by atoms with E-state index in [9.17, 15) is 0 Å². The highest BCUT2D eigenvalue weighted by Gasteiger charge is 2.62. The van der Waals surface area contributed by atoms with Gasteiger partial charge in [0.15, 0.2) is 44.0 Å². The fraction of sp³-hybridized carbons (Fsp3) is 0.931. The predicted molar refractivity (Wildman–Crippen MR) is 376 cm³/mol. The molecule has 0 spiro atoms. The maximum Gasteiger partial charge on any atom is 0.244 e. The first kappa shape index (κ1) is 90.3. The van der Waals surface area contributed by atoms with Crippen LogP contribution in [0, 0.1) is 0 Å². The van der Waals surface area contributed by atoms with Crippen molar-refractivity contribution < 1.29 is 166 Å². The molecule has 0 aromatic carbocycles. The highest BCUT2D eigenvalue weighted by atomic mass is 16.8. The molecule has 2 aromatic rings. The molecule has 21 aliphatic rings. The van der Waals surface area contributed by atoms with Crippen LogP contribution >= 0.6 is 0 Å². The summed E-state index contributed by atoms with van der Waals surface area (Å²) in [4.78, 5) is 0. The quantitative estimate of drug-likeness (QED) is 0.0781. The molecule has 23 rings (SSSR count). The van der Waals surface area contributed by atoms with Gasteiger partial charge in [-0.3, -0.25) is 0 Å². The van der Waals surface area contributed by atoms with Crippen LogP contribution in [-0.2, 0) is 181 Å². The van der Waals surface area contributed by atoms with E-state index in [0.29, 0.717) is 12.2 Å². The number of rotatable bonds is 33. The normalized spacial score (nSPS) is 42.1. The summed E-state index contributed by atoms with van der Waals surface area (Å²) < 4.78 is 229. The molecular weight excluding hydrogens is 1480 g/mol. The molecule has 0 saturated carbocycles. The first-order valence-electron chi connectivity index (χ1n) is 37.5. The van der Waals surface area contributed by atoms with Crippen molar-refractivity contribution in [2.24, 2.45) is 0 Å². The van der Waals surface area contributed by atoms with Gasteiger partial charge in [0.2, 0.25) is 6.33 Å². The van der Waals surface area contributed by atoms with E-state index >= 15 is 0 Å². The van der Waals surface area contributed by atoms with Gasteiger partial charge >= 0.3 is 0 Å². The third-order valence-corrected chi connectivity index (χ3v) is 21.8. The van der Waals surface area contributed by atoms with Crippen LogP contribution in [0.2, 0.25) is 0 Å². The molecule has 23 heterocycles. The van der Waals surface area contributed by atoms with E-state index in [-0.39, 0.29) is 46.2 Å². The van der Waals surface area contributed by atoms with Gasteiger partial charge in [-0.15, -0.1) is 5.10 Å². The maximum absolute atomic E-state index is 7.30. The standard InChI is InChI=1S/C72H124N5O34/c1-22-23-24-75-25-26-76(36-75)27-37-28-77(74-73-37)29-38-45-52(84-8)59(91-15)66(98-38)106-46-39(30-78-2)100-68(61(93-17)53(46)85-9)108-48-41(32-80-4)102-70(63(95-19)55(48)87-11)110-50-43(34-82-6)104-72(65(97-21)57(50)89-13)111-51-44(35-83-7)103-71(64(96-20)58(51)90-14)109-49-42(33-81-5)101-69(62(94-18)56(49)88-12)107-47-40(31-79-3)99-67(105-45)60(92-16)54(47)86-10/h25-26,28,36,38-72H,22-24,27,29-35H2,1-21H3/q+1. The Morgan fingerprint density at radius 2 is 0.550 bits per heavy atom. The lowest BCUT2D eigenvalue weighted by molar-refractivity contribution is -0.688. The average Bonchev–Trinajstić information content (AvgIpc) is 1.59. The average molecular weight is 1600 g/mol. The summed E-state index contributed by atoms with van der Waals surface area (Å²) >= 11 is 0. The SMILES string of the molecule is CCCCn1cc[n+](Cc2cn(CC3OC4OC5C(COC)OC(OC6C(COC)OC(OC7C(COC)OC(OC8C(COC)OC(OC9C(COC)OC(OC%10C(COC)OC(OC3C(OC)C4OC)C(OC)C%10OC)C(OC)C9OC)C(OC)C8OC)C(OC)C7OC)C(OC)C6OC)C(OC)C5OC)nn2)c1. The Morgan fingerprint density at radius 3 is 0.775 bits per heavy atom. The van der Waals surface area contributed by atoms with E-state index in [1.807, 2.05) is 29.5 Å². The third kappa shape index (κ3) is 20.3. The Kier molecular flexibility index (Phi) is 35.9. The molecule has 2 aromatic heterocycles. The smallest absolute Gasteiger partial charge is 0.244 e. The number of aryl methyl sites for hydroxylation is 1. The summed E-state index contributed by atoms with van der Waals surface area (Å²) in [5.74, 6) is 0. The molecule has 0 amide bonds. The minimum absolute atomic E-state index is 0.0127. The largest absolute Gasteiger partial charge is 0.382 e. The fourth-order valence-corrected chi connectivity index (χ4v) is 16.6. The summed E-state index contributed by atoms with van der Waals surface area (Å²) in [6, 6.07) is 0. The summed E-state index contributed by atoms with van der Waals surface area (Å²) in [6.45, 7) is 3.15. The molecule has 39 heteroatoms. The van der Waals surface area contributed by atoms with Crippen molar-refractivity contribution in [1.29, 1.82) is 0 Å². The van der Waals surface area contributed by atoms with Crippen molar-refractivity contribution in [3.8, 4) is 0 Å². The molecule has 14 bridgehead atoms. The van der Waals surface area contributed by atoms with Crippen LogP contribution < -0.4 is 4.57 Å². The molecule has 0 aliphatic carbocycles. The van der Waals surface area contributed by atoms with E-state index in [1.165, 1.54) is 142 Å². The number of ether oxygens (including phenoxy) is 34. The van der Waals surface area contributed by atoms with Gasteiger partial charge in [-0.2, -0.15) is 0 Å². The number of aromatic nitrogens is 5. The van der Waals surface area contributed by atoms with Crippen molar-refractivity contribution in [3.05, 3.63) is 30.6 Å². The molecule has 640 valence electrons. The summed E-state index contributed by atoms with van der Waals surface area (Å²) in [7, 11) is 30.3. The van der Waals surface area contributed by atoms with Gasteiger partial charge in [0.1, 0.15) is 196 Å². The van der Waals surface area contributed by atoms with Crippen molar-refractivity contribution in [2.45, 2.75) is 254 Å². The molecule has 35 atom stereocenters. The number of methoxy groups -OCH3 is 20. The van der Waals surface area contributed by atoms with Crippen molar-refractivity contribution in [1.82, 2.24) is 19.6 Å². The van der Waals surface area contributed by atoms with Gasteiger partial charge in [-0.25, -0.2) is 13.8 Å². The molecule has 21 aliphatic heterocycles. The summed E-state index contributed by atoms with van der Waals surface area (Å²) in [5, 5.41) is 9.25. The zero-order valence-corrected chi connectivity index (χ0v) is 67.9. The number of hydrogen-bond acceptors (Lipinski definition) is 36.